The lowest BCUT2D eigenvalue weighted by Gasteiger charge is -2.29. The Bertz CT molecular complexity index is 649. The minimum Gasteiger partial charge on any atom is -0.497 e. The fourth-order valence-electron chi connectivity index (χ4n) is 3.70. The Morgan fingerprint density at radius 3 is 2.14 bits per heavy atom. The molecule has 0 saturated carbocycles. The lowest BCUT2D eigenvalue weighted by atomic mass is 10.0. The van der Waals surface area contributed by atoms with Crippen LogP contribution in [0.5, 0.6) is 11.5 Å². The van der Waals surface area contributed by atoms with Crippen LogP contribution in [0.4, 0.5) is 0 Å². The number of rotatable bonds is 3. The van der Waals surface area contributed by atoms with Crippen LogP contribution < -0.4 is 14.8 Å². The minimum absolute atomic E-state index is 0. The van der Waals surface area contributed by atoms with E-state index >= 15 is 0 Å². The molecule has 2 heterocycles. The first-order valence-corrected chi connectivity index (χ1v) is 7.81. The Kier molecular flexibility index (Phi) is 4.46. The molecule has 3 nitrogen and oxygen atoms in total. The Labute approximate surface area is 137 Å². The van der Waals surface area contributed by atoms with Crippen LogP contribution in [0.15, 0.2) is 36.4 Å². The van der Waals surface area contributed by atoms with Gasteiger partial charge in [-0.3, -0.25) is 0 Å². The van der Waals surface area contributed by atoms with Gasteiger partial charge in [-0.05, 0) is 60.7 Å². The highest BCUT2D eigenvalue weighted by Gasteiger charge is 2.34. The first kappa shape index (κ1) is 15.4. The van der Waals surface area contributed by atoms with Gasteiger partial charge in [-0.2, -0.15) is 0 Å². The smallest absolute Gasteiger partial charge is 0.120 e. The van der Waals surface area contributed by atoms with Crippen LogP contribution in [0, 0.1) is 0 Å². The molecule has 2 aromatic carbocycles. The van der Waals surface area contributed by atoms with Crippen molar-refractivity contribution in [1.82, 2.24) is 5.32 Å². The number of hydrogen-bond donors (Lipinski definition) is 1. The van der Waals surface area contributed by atoms with Crippen molar-refractivity contribution in [2.75, 3.05) is 7.11 Å². The highest BCUT2D eigenvalue weighted by Crippen LogP contribution is 2.31. The number of hydrogen-bond acceptors (Lipinski definition) is 3. The van der Waals surface area contributed by atoms with Gasteiger partial charge in [-0.15, -0.1) is 12.4 Å². The van der Waals surface area contributed by atoms with Crippen LogP contribution >= 0.6 is 12.4 Å². The molecule has 0 aromatic heterocycles. The molecule has 22 heavy (non-hydrogen) atoms. The molecule has 0 spiro atoms. The van der Waals surface area contributed by atoms with Crippen molar-refractivity contribution in [2.24, 2.45) is 0 Å². The van der Waals surface area contributed by atoms with E-state index in [1.54, 1.807) is 7.11 Å². The Hall–Kier alpha value is -1.45. The monoisotopic (exact) mass is 319 g/mol. The average molecular weight is 320 g/mol. The lowest BCUT2D eigenvalue weighted by Crippen LogP contribution is -2.42. The first-order chi connectivity index (χ1) is 10.3. The molecule has 0 radical (unpaired) electrons. The van der Waals surface area contributed by atoms with E-state index in [1.807, 2.05) is 6.07 Å². The summed E-state index contributed by atoms with van der Waals surface area (Å²) in [6, 6.07) is 13.8. The average Bonchev–Trinajstić information content (AvgIpc) is 2.85. The minimum atomic E-state index is 0. The zero-order chi connectivity index (χ0) is 14.2. The van der Waals surface area contributed by atoms with Gasteiger partial charge in [0.1, 0.15) is 17.6 Å². The van der Waals surface area contributed by atoms with Gasteiger partial charge in [0.15, 0.2) is 0 Å². The van der Waals surface area contributed by atoms with E-state index < -0.39 is 0 Å². The molecule has 0 aliphatic carbocycles. The van der Waals surface area contributed by atoms with Gasteiger partial charge in [-0.1, -0.05) is 12.1 Å². The second-order valence-corrected chi connectivity index (χ2v) is 6.22. The van der Waals surface area contributed by atoms with Gasteiger partial charge in [0.25, 0.3) is 0 Å². The molecule has 2 fully saturated rings. The van der Waals surface area contributed by atoms with Gasteiger partial charge in [0.05, 0.1) is 7.11 Å². The summed E-state index contributed by atoms with van der Waals surface area (Å²) in [7, 11) is 1.70. The van der Waals surface area contributed by atoms with Gasteiger partial charge in [0.2, 0.25) is 0 Å². The van der Waals surface area contributed by atoms with Crippen molar-refractivity contribution in [3.05, 3.63) is 36.4 Å². The van der Waals surface area contributed by atoms with Crippen molar-refractivity contribution >= 4 is 23.2 Å². The van der Waals surface area contributed by atoms with E-state index in [1.165, 1.54) is 23.6 Å². The third kappa shape index (κ3) is 3.01. The van der Waals surface area contributed by atoms with Crippen LogP contribution in [0.2, 0.25) is 0 Å². The van der Waals surface area contributed by atoms with Gasteiger partial charge in [-0.25, -0.2) is 0 Å². The van der Waals surface area contributed by atoms with E-state index in [9.17, 15) is 0 Å². The summed E-state index contributed by atoms with van der Waals surface area (Å²) in [5, 5.41) is 6.04. The molecule has 118 valence electrons. The van der Waals surface area contributed by atoms with Gasteiger partial charge in [0, 0.05) is 12.1 Å². The van der Waals surface area contributed by atoms with Gasteiger partial charge >= 0.3 is 0 Å². The first-order valence-electron chi connectivity index (χ1n) is 7.81. The summed E-state index contributed by atoms with van der Waals surface area (Å²) < 4.78 is 11.5. The second kappa shape index (κ2) is 6.35. The molecule has 2 saturated heterocycles. The fraction of sp³-hybridized carbons (Fsp3) is 0.444. The predicted molar refractivity (Wildman–Crippen MR) is 91.3 cm³/mol. The van der Waals surface area contributed by atoms with E-state index in [2.05, 4.69) is 35.6 Å². The SMILES string of the molecule is COc1ccc2cc(O[C@@H]3C[C@H]4CC[C@@H](C3)N4)ccc2c1.Cl. The summed E-state index contributed by atoms with van der Waals surface area (Å²) in [5.74, 6) is 1.88. The molecule has 2 bridgehead atoms. The van der Waals surface area contributed by atoms with Crippen molar-refractivity contribution in [1.29, 1.82) is 0 Å². The number of fused-ring (bicyclic) bond motifs is 3. The molecular formula is C18H22ClNO2. The van der Waals surface area contributed by atoms with E-state index in [0.717, 1.165) is 24.3 Å². The Morgan fingerprint density at radius 1 is 0.909 bits per heavy atom. The van der Waals surface area contributed by atoms with Crippen LogP contribution in [0.3, 0.4) is 0 Å². The Morgan fingerprint density at radius 2 is 1.50 bits per heavy atom. The zero-order valence-electron chi connectivity index (χ0n) is 12.7. The highest BCUT2D eigenvalue weighted by atomic mass is 35.5. The highest BCUT2D eigenvalue weighted by molar-refractivity contribution is 5.85. The molecule has 1 N–H and O–H groups in total. The summed E-state index contributed by atoms with van der Waals surface area (Å²) in [6.07, 6.45) is 5.25. The predicted octanol–water partition coefficient (Wildman–Crippen LogP) is 3.93. The largest absolute Gasteiger partial charge is 0.497 e. The number of halogens is 1. The molecule has 4 rings (SSSR count). The van der Waals surface area contributed by atoms with E-state index in [4.69, 9.17) is 9.47 Å². The van der Waals surface area contributed by atoms with Crippen molar-refractivity contribution < 1.29 is 9.47 Å². The maximum absolute atomic E-state index is 6.23. The maximum atomic E-state index is 6.23. The van der Waals surface area contributed by atoms with Crippen LogP contribution in [-0.2, 0) is 0 Å². The van der Waals surface area contributed by atoms with Gasteiger partial charge < -0.3 is 14.8 Å². The second-order valence-electron chi connectivity index (χ2n) is 6.22. The van der Waals surface area contributed by atoms with Crippen LogP contribution in [0.25, 0.3) is 10.8 Å². The molecule has 4 heteroatoms. The molecule has 2 aliphatic heterocycles. The number of benzene rings is 2. The third-order valence-corrected chi connectivity index (χ3v) is 4.75. The zero-order valence-corrected chi connectivity index (χ0v) is 13.6. The number of methoxy groups -OCH3 is 1. The normalized spacial score (nSPS) is 26.5. The third-order valence-electron chi connectivity index (χ3n) is 4.75. The summed E-state index contributed by atoms with van der Waals surface area (Å²) in [4.78, 5) is 0. The van der Waals surface area contributed by atoms with Crippen molar-refractivity contribution in [3.63, 3.8) is 0 Å². The molecule has 0 amide bonds. The van der Waals surface area contributed by atoms with E-state index in [0.29, 0.717) is 18.2 Å². The lowest BCUT2D eigenvalue weighted by molar-refractivity contribution is 0.137. The summed E-state index contributed by atoms with van der Waals surface area (Å²) in [6.45, 7) is 0. The summed E-state index contributed by atoms with van der Waals surface area (Å²) in [5.41, 5.74) is 0. The van der Waals surface area contributed by atoms with Crippen LogP contribution in [0.1, 0.15) is 25.7 Å². The quantitative estimate of drug-likeness (QED) is 0.929. The standard InChI is InChI=1S/C18H21NO2.ClH/c1-20-16-6-2-13-9-17(7-3-12(13)8-16)21-18-10-14-4-5-15(11-18)19-14;/h2-3,6-9,14-15,18-19H,4-5,10-11H2,1H3;1H/t14-,15+,18-;. The molecule has 2 aromatic rings. The molecular weight excluding hydrogens is 298 g/mol. The number of nitrogens with one attached hydrogen (secondary N) is 1. The van der Waals surface area contributed by atoms with Crippen molar-refractivity contribution in [2.45, 2.75) is 43.9 Å². The topological polar surface area (TPSA) is 30.5 Å². The number of ether oxygens (including phenoxy) is 2. The molecule has 2 aliphatic rings. The van der Waals surface area contributed by atoms with E-state index in [-0.39, 0.29) is 12.4 Å². The Balaban J connectivity index is 0.00000144. The van der Waals surface area contributed by atoms with Crippen molar-refractivity contribution in [3.8, 4) is 11.5 Å². The molecule has 3 atom stereocenters. The maximum Gasteiger partial charge on any atom is 0.120 e. The molecule has 0 unspecified atom stereocenters. The number of piperidine rings is 1. The summed E-state index contributed by atoms with van der Waals surface area (Å²) >= 11 is 0. The fourth-order valence-corrected chi connectivity index (χ4v) is 3.70. The van der Waals surface area contributed by atoms with Crippen LogP contribution in [-0.4, -0.2) is 25.3 Å².